The predicted octanol–water partition coefficient (Wildman–Crippen LogP) is 2.93. The largest absolute Gasteiger partial charge is 0.271 e. The Hall–Kier alpha value is -1.49. The summed E-state index contributed by atoms with van der Waals surface area (Å²) in [6.07, 6.45) is 2.22. The summed E-state index contributed by atoms with van der Waals surface area (Å²) < 4.78 is 13.4. The zero-order valence-corrected chi connectivity index (χ0v) is 11.3. The molecule has 1 atom stereocenters. The van der Waals surface area contributed by atoms with Crippen molar-refractivity contribution in [2.45, 2.75) is 19.4 Å². The quantitative estimate of drug-likeness (QED) is 0.668. The van der Waals surface area contributed by atoms with Crippen LogP contribution in [0.2, 0.25) is 5.02 Å². The van der Waals surface area contributed by atoms with Gasteiger partial charge in [-0.15, -0.1) is 0 Å². The SMILES string of the molecule is Cc1ncccc1C(Cc1cccc(F)c1Cl)NN. The first-order chi connectivity index (χ1) is 9.13. The Bertz CT molecular complexity index is 574. The van der Waals surface area contributed by atoms with E-state index in [1.807, 2.05) is 19.1 Å². The Morgan fingerprint density at radius 2 is 2.16 bits per heavy atom. The maximum absolute atomic E-state index is 13.4. The molecule has 100 valence electrons. The van der Waals surface area contributed by atoms with E-state index in [-0.39, 0.29) is 11.1 Å². The summed E-state index contributed by atoms with van der Waals surface area (Å²) in [6.45, 7) is 1.91. The number of nitrogens with one attached hydrogen (secondary N) is 1. The van der Waals surface area contributed by atoms with E-state index in [1.54, 1.807) is 18.3 Å². The van der Waals surface area contributed by atoms with Crippen molar-refractivity contribution in [1.29, 1.82) is 0 Å². The fraction of sp³-hybridized carbons (Fsp3) is 0.214. The molecule has 1 heterocycles. The van der Waals surface area contributed by atoms with E-state index in [0.717, 1.165) is 11.3 Å². The van der Waals surface area contributed by atoms with Crippen LogP contribution in [-0.2, 0) is 6.42 Å². The normalized spacial score (nSPS) is 12.4. The van der Waals surface area contributed by atoms with Gasteiger partial charge >= 0.3 is 0 Å². The van der Waals surface area contributed by atoms with Crippen molar-refractivity contribution in [3.63, 3.8) is 0 Å². The number of hydrazine groups is 1. The number of aryl methyl sites for hydroxylation is 1. The molecular weight excluding hydrogens is 265 g/mol. The van der Waals surface area contributed by atoms with Gasteiger partial charge in [-0.25, -0.2) is 4.39 Å². The van der Waals surface area contributed by atoms with Crippen LogP contribution in [0.25, 0.3) is 0 Å². The molecular formula is C14H15ClFN3. The van der Waals surface area contributed by atoms with Crippen LogP contribution in [-0.4, -0.2) is 4.98 Å². The lowest BCUT2D eigenvalue weighted by molar-refractivity contribution is 0.544. The molecule has 1 aromatic carbocycles. The molecule has 1 aromatic heterocycles. The lowest BCUT2D eigenvalue weighted by Gasteiger charge is -2.18. The zero-order valence-electron chi connectivity index (χ0n) is 10.5. The molecule has 1 unspecified atom stereocenters. The van der Waals surface area contributed by atoms with Crippen molar-refractivity contribution in [3.8, 4) is 0 Å². The number of aromatic nitrogens is 1. The van der Waals surface area contributed by atoms with E-state index in [9.17, 15) is 4.39 Å². The maximum atomic E-state index is 13.4. The molecule has 19 heavy (non-hydrogen) atoms. The van der Waals surface area contributed by atoms with E-state index in [4.69, 9.17) is 17.4 Å². The van der Waals surface area contributed by atoms with Crippen molar-refractivity contribution in [2.24, 2.45) is 5.84 Å². The van der Waals surface area contributed by atoms with E-state index in [1.165, 1.54) is 6.07 Å². The Kier molecular flexibility index (Phi) is 4.47. The first-order valence-electron chi connectivity index (χ1n) is 5.94. The average Bonchev–Trinajstić information content (AvgIpc) is 2.41. The number of hydrogen-bond acceptors (Lipinski definition) is 3. The highest BCUT2D eigenvalue weighted by Gasteiger charge is 2.16. The molecule has 2 aromatic rings. The number of rotatable bonds is 4. The molecule has 0 fully saturated rings. The van der Waals surface area contributed by atoms with Crippen LogP contribution in [0.15, 0.2) is 36.5 Å². The highest BCUT2D eigenvalue weighted by atomic mass is 35.5. The van der Waals surface area contributed by atoms with Gasteiger partial charge in [0.1, 0.15) is 5.82 Å². The van der Waals surface area contributed by atoms with Gasteiger partial charge in [-0.1, -0.05) is 29.8 Å². The molecule has 0 amide bonds. The van der Waals surface area contributed by atoms with Gasteiger partial charge in [-0.2, -0.15) is 0 Å². The smallest absolute Gasteiger partial charge is 0.142 e. The summed E-state index contributed by atoms with van der Waals surface area (Å²) in [7, 11) is 0. The molecule has 5 heteroatoms. The molecule has 0 saturated carbocycles. The Morgan fingerprint density at radius 3 is 2.84 bits per heavy atom. The predicted molar refractivity (Wildman–Crippen MR) is 74.2 cm³/mol. The number of benzene rings is 1. The summed E-state index contributed by atoms with van der Waals surface area (Å²) in [6, 6.07) is 8.40. The second-order valence-corrected chi connectivity index (χ2v) is 4.69. The Labute approximate surface area is 116 Å². The van der Waals surface area contributed by atoms with Gasteiger partial charge in [-0.05, 0) is 36.6 Å². The fourth-order valence-electron chi connectivity index (χ4n) is 2.05. The van der Waals surface area contributed by atoms with Crippen LogP contribution in [0.5, 0.6) is 0 Å². The van der Waals surface area contributed by atoms with Crippen LogP contribution < -0.4 is 11.3 Å². The van der Waals surface area contributed by atoms with Crippen molar-refractivity contribution in [2.75, 3.05) is 0 Å². The highest BCUT2D eigenvalue weighted by Crippen LogP contribution is 2.26. The maximum Gasteiger partial charge on any atom is 0.142 e. The van der Waals surface area contributed by atoms with Crippen LogP contribution >= 0.6 is 11.6 Å². The molecule has 0 bridgehead atoms. The van der Waals surface area contributed by atoms with Gasteiger partial charge in [0, 0.05) is 11.9 Å². The van der Waals surface area contributed by atoms with Gasteiger partial charge in [0.25, 0.3) is 0 Å². The second kappa shape index (κ2) is 6.10. The number of nitrogens with two attached hydrogens (primary N) is 1. The third-order valence-electron chi connectivity index (χ3n) is 3.08. The van der Waals surface area contributed by atoms with E-state index < -0.39 is 5.82 Å². The van der Waals surface area contributed by atoms with Gasteiger partial charge < -0.3 is 0 Å². The van der Waals surface area contributed by atoms with Crippen molar-refractivity contribution < 1.29 is 4.39 Å². The first kappa shape index (κ1) is 13.9. The van der Waals surface area contributed by atoms with E-state index in [0.29, 0.717) is 12.0 Å². The molecule has 3 N–H and O–H groups in total. The molecule has 0 aliphatic rings. The Balaban J connectivity index is 2.30. The second-order valence-electron chi connectivity index (χ2n) is 4.31. The van der Waals surface area contributed by atoms with E-state index in [2.05, 4.69) is 10.4 Å². The monoisotopic (exact) mass is 279 g/mol. The van der Waals surface area contributed by atoms with Crippen LogP contribution in [0.3, 0.4) is 0 Å². The van der Waals surface area contributed by atoms with Gasteiger partial charge in [0.05, 0.1) is 11.1 Å². The molecule has 0 radical (unpaired) electrons. The summed E-state index contributed by atoms with van der Waals surface area (Å²) >= 11 is 5.96. The summed E-state index contributed by atoms with van der Waals surface area (Å²) in [5, 5.41) is 0.143. The molecule has 0 aliphatic heterocycles. The van der Waals surface area contributed by atoms with Gasteiger partial charge in [-0.3, -0.25) is 16.3 Å². The third-order valence-corrected chi connectivity index (χ3v) is 3.50. The molecule has 0 spiro atoms. The third kappa shape index (κ3) is 3.10. The minimum atomic E-state index is -0.419. The lowest BCUT2D eigenvalue weighted by Crippen LogP contribution is -2.30. The average molecular weight is 280 g/mol. The van der Waals surface area contributed by atoms with Crippen LogP contribution in [0.4, 0.5) is 4.39 Å². The van der Waals surface area contributed by atoms with Crippen LogP contribution in [0.1, 0.15) is 22.9 Å². The van der Waals surface area contributed by atoms with Gasteiger partial charge in [0.2, 0.25) is 0 Å². The molecule has 3 nitrogen and oxygen atoms in total. The van der Waals surface area contributed by atoms with E-state index >= 15 is 0 Å². The summed E-state index contributed by atoms with van der Waals surface area (Å²) in [5.41, 5.74) is 5.31. The highest BCUT2D eigenvalue weighted by molar-refractivity contribution is 6.31. The number of halogens is 2. The van der Waals surface area contributed by atoms with Crippen molar-refractivity contribution in [3.05, 3.63) is 64.2 Å². The van der Waals surface area contributed by atoms with Crippen LogP contribution in [0, 0.1) is 12.7 Å². The summed E-state index contributed by atoms with van der Waals surface area (Å²) in [4.78, 5) is 4.23. The zero-order chi connectivity index (χ0) is 13.8. The fourth-order valence-corrected chi connectivity index (χ4v) is 2.25. The molecule has 2 rings (SSSR count). The first-order valence-corrected chi connectivity index (χ1v) is 6.31. The Morgan fingerprint density at radius 1 is 1.37 bits per heavy atom. The number of pyridine rings is 1. The standard InChI is InChI=1S/C14H15ClFN3/c1-9-11(5-3-7-18-9)13(19-17)8-10-4-2-6-12(16)14(10)15/h2-7,13,19H,8,17H2,1H3. The topological polar surface area (TPSA) is 50.9 Å². The number of nitrogens with zero attached hydrogens (tertiary/aromatic N) is 1. The van der Waals surface area contributed by atoms with Crippen molar-refractivity contribution >= 4 is 11.6 Å². The van der Waals surface area contributed by atoms with Gasteiger partial charge in [0.15, 0.2) is 0 Å². The molecule has 0 saturated heterocycles. The van der Waals surface area contributed by atoms with Crippen molar-refractivity contribution in [1.82, 2.24) is 10.4 Å². The summed E-state index contributed by atoms with van der Waals surface area (Å²) in [5.74, 6) is 5.18. The lowest BCUT2D eigenvalue weighted by atomic mass is 9.98. The molecule has 0 aliphatic carbocycles. The number of hydrogen-bond donors (Lipinski definition) is 2. The minimum absolute atomic E-state index is 0.143. The minimum Gasteiger partial charge on any atom is -0.271 e.